The van der Waals surface area contributed by atoms with Gasteiger partial charge in [0.25, 0.3) is 0 Å². The first kappa shape index (κ1) is 22.0. The van der Waals surface area contributed by atoms with Crippen LogP contribution in [0.25, 0.3) is 0 Å². The number of carbonyl (C=O) groups excluding carboxylic acids is 3. The monoisotopic (exact) mass is 474 g/mol. The second-order valence-electron chi connectivity index (χ2n) is 7.27. The maximum Gasteiger partial charge on any atom is 0.411 e. The van der Waals surface area contributed by atoms with E-state index in [2.05, 4.69) is 31.0 Å². The molecule has 1 heterocycles. The van der Waals surface area contributed by atoms with Crippen LogP contribution in [0.5, 0.6) is 0 Å². The minimum atomic E-state index is -0.936. The molecule has 7 nitrogen and oxygen atoms in total. The summed E-state index contributed by atoms with van der Waals surface area (Å²) in [6, 6.07) is 9.94. The van der Waals surface area contributed by atoms with Crippen LogP contribution in [0.3, 0.4) is 0 Å². The first-order valence-electron chi connectivity index (χ1n) is 9.68. The van der Waals surface area contributed by atoms with E-state index in [0.717, 1.165) is 17.3 Å². The van der Waals surface area contributed by atoms with Gasteiger partial charge in [0, 0.05) is 21.9 Å². The average Bonchev–Trinajstić information content (AvgIpc) is 3.57. The van der Waals surface area contributed by atoms with Crippen LogP contribution in [-0.2, 0) is 14.3 Å². The van der Waals surface area contributed by atoms with Gasteiger partial charge < -0.3 is 9.47 Å². The highest BCUT2D eigenvalue weighted by Gasteiger charge is 2.33. The van der Waals surface area contributed by atoms with Gasteiger partial charge in [0.15, 0.2) is 6.10 Å². The van der Waals surface area contributed by atoms with E-state index in [9.17, 15) is 14.4 Å². The molecule has 1 aliphatic rings. The predicted molar refractivity (Wildman–Crippen MR) is 114 cm³/mol. The Morgan fingerprint density at radius 1 is 1.17 bits per heavy atom. The van der Waals surface area contributed by atoms with E-state index < -0.39 is 24.1 Å². The number of methoxy groups -OCH3 is 1. The molecular weight excluding hydrogens is 452 g/mol. The number of rotatable bonds is 8. The van der Waals surface area contributed by atoms with Crippen LogP contribution < -0.4 is 5.32 Å². The normalized spacial score (nSPS) is 15.0. The Balaban J connectivity index is 1.65. The second-order valence-corrected chi connectivity index (χ2v) is 8.19. The van der Waals surface area contributed by atoms with Crippen molar-refractivity contribution in [3.63, 3.8) is 0 Å². The van der Waals surface area contributed by atoms with Gasteiger partial charge in [0.2, 0.25) is 5.78 Å². The molecule has 1 amide bonds. The van der Waals surface area contributed by atoms with E-state index in [0.29, 0.717) is 29.3 Å². The predicted octanol–water partition coefficient (Wildman–Crippen LogP) is 4.72. The number of carbonyl (C=O) groups is 3. The lowest BCUT2D eigenvalue weighted by molar-refractivity contribution is -0.148. The van der Waals surface area contributed by atoms with Gasteiger partial charge in [0.05, 0.1) is 18.7 Å². The zero-order valence-corrected chi connectivity index (χ0v) is 18.3. The third kappa shape index (κ3) is 5.89. The number of halogens is 1. The fourth-order valence-electron chi connectivity index (χ4n) is 3.05. The molecule has 8 heteroatoms. The van der Waals surface area contributed by atoms with Crippen molar-refractivity contribution < 1.29 is 23.9 Å². The summed E-state index contributed by atoms with van der Waals surface area (Å²) in [4.78, 5) is 41.2. The minimum Gasteiger partial charge on any atom is -0.454 e. The molecule has 0 bridgehead atoms. The van der Waals surface area contributed by atoms with Crippen molar-refractivity contribution in [2.24, 2.45) is 5.92 Å². The van der Waals surface area contributed by atoms with Crippen molar-refractivity contribution in [2.45, 2.75) is 38.2 Å². The lowest BCUT2D eigenvalue weighted by Gasteiger charge is -2.19. The molecule has 1 aromatic carbocycles. The van der Waals surface area contributed by atoms with Crippen LogP contribution in [-0.4, -0.2) is 36.0 Å². The third-order valence-corrected chi connectivity index (χ3v) is 5.39. The molecular formula is C22H23BrN2O5. The Morgan fingerprint density at radius 3 is 2.43 bits per heavy atom. The Hall–Kier alpha value is -2.74. The smallest absolute Gasteiger partial charge is 0.411 e. The van der Waals surface area contributed by atoms with Crippen LogP contribution >= 0.6 is 15.9 Å². The Kier molecular flexibility index (Phi) is 7.20. The van der Waals surface area contributed by atoms with E-state index in [1.54, 1.807) is 43.5 Å². The van der Waals surface area contributed by atoms with Gasteiger partial charge in [-0.25, -0.2) is 4.79 Å². The zero-order chi connectivity index (χ0) is 21.7. The van der Waals surface area contributed by atoms with Gasteiger partial charge in [0.1, 0.15) is 0 Å². The van der Waals surface area contributed by atoms with Gasteiger partial charge in [-0.15, -0.1) is 0 Å². The van der Waals surface area contributed by atoms with Crippen LogP contribution in [0.1, 0.15) is 48.2 Å². The Labute approximate surface area is 183 Å². The SMILES string of the molecule is COC(=O)Nc1ccc(C(=O)C(C)OC(=O)C(CC2CC2)c2ccc(Br)cn2)cc1. The standard InChI is InChI=1S/C22H23BrN2O5/c1-13(20(26)15-5-8-17(9-6-15)25-22(28)29-2)30-21(27)18(11-14-3-4-14)19-10-7-16(23)12-24-19/h5-10,12-14,18H,3-4,11H2,1-2H3,(H,25,28). The Bertz CT molecular complexity index is 910. The van der Waals surface area contributed by atoms with Crippen LogP contribution in [0, 0.1) is 5.92 Å². The first-order valence-corrected chi connectivity index (χ1v) is 10.5. The summed E-state index contributed by atoms with van der Waals surface area (Å²) in [5.41, 5.74) is 1.52. The molecule has 1 aromatic heterocycles. The molecule has 0 spiro atoms. The van der Waals surface area contributed by atoms with E-state index in [1.165, 1.54) is 7.11 Å². The van der Waals surface area contributed by atoms with Gasteiger partial charge >= 0.3 is 12.1 Å². The number of benzene rings is 1. The summed E-state index contributed by atoms with van der Waals surface area (Å²) in [5, 5.41) is 2.51. The highest BCUT2D eigenvalue weighted by Crippen LogP contribution is 2.39. The fraction of sp³-hybridized carbons (Fsp3) is 0.364. The van der Waals surface area contributed by atoms with E-state index in [1.807, 2.05) is 6.07 Å². The quantitative estimate of drug-likeness (QED) is 0.439. The molecule has 1 N–H and O–H groups in total. The molecule has 2 unspecified atom stereocenters. The van der Waals surface area contributed by atoms with Crippen molar-refractivity contribution in [2.75, 3.05) is 12.4 Å². The van der Waals surface area contributed by atoms with Gasteiger partial charge in [-0.1, -0.05) is 12.8 Å². The van der Waals surface area contributed by atoms with E-state index in [4.69, 9.17) is 4.74 Å². The zero-order valence-electron chi connectivity index (χ0n) is 16.8. The molecule has 2 atom stereocenters. The van der Waals surface area contributed by atoms with Gasteiger partial charge in [-0.3, -0.25) is 19.9 Å². The van der Waals surface area contributed by atoms with Crippen LogP contribution in [0.2, 0.25) is 0 Å². The molecule has 0 aliphatic heterocycles. The van der Waals surface area contributed by atoms with Crippen LogP contribution in [0.4, 0.5) is 10.5 Å². The first-order chi connectivity index (χ1) is 14.4. The number of hydrogen-bond donors (Lipinski definition) is 1. The van der Waals surface area contributed by atoms with Crippen molar-refractivity contribution in [3.8, 4) is 0 Å². The third-order valence-electron chi connectivity index (χ3n) is 4.92. The number of amides is 1. The number of esters is 1. The number of Topliss-reactive ketones (excluding diaryl/α,β-unsaturated/α-hetero) is 1. The van der Waals surface area contributed by atoms with Crippen molar-refractivity contribution in [1.82, 2.24) is 4.98 Å². The summed E-state index contributed by atoms with van der Waals surface area (Å²) < 4.78 is 10.9. The molecule has 2 aromatic rings. The molecule has 0 saturated heterocycles. The maximum absolute atomic E-state index is 12.9. The number of aromatic nitrogens is 1. The molecule has 3 rings (SSSR count). The second kappa shape index (κ2) is 9.84. The number of pyridine rings is 1. The summed E-state index contributed by atoms with van der Waals surface area (Å²) in [6.45, 7) is 1.56. The number of hydrogen-bond acceptors (Lipinski definition) is 6. The van der Waals surface area contributed by atoms with Crippen LogP contribution in [0.15, 0.2) is 47.1 Å². The largest absolute Gasteiger partial charge is 0.454 e. The lowest BCUT2D eigenvalue weighted by atomic mass is 9.97. The minimum absolute atomic E-state index is 0.318. The fourth-order valence-corrected chi connectivity index (χ4v) is 3.28. The van der Waals surface area contributed by atoms with E-state index >= 15 is 0 Å². The van der Waals surface area contributed by atoms with Crippen molar-refractivity contribution >= 4 is 39.5 Å². The highest BCUT2D eigenvalue weighted by atomic mass is 79.9. The number of ketones is 1. The summed E-state index contributed by atoms with van der Waals surface area (Å²) in [7, 11) is 1.27. The number of anilines is 1. The highest BCUT2D eigenvalue weighted by molar-refractivity contribution is 9.10. The maximum atomic E-state index is 12.9. The lowest BCUT2D eigenvalue weighted by Crippen LogP contribution is -2.28. The van der Waals surface area contributed by atoms with Gasteiger partial charge in [-0.2, -0.15) is 0 Å². The molecule has 1 saturated carbocycles. The summed E-state index contributed by atoms with van der Waals surface area (Å²) in [5.74, 6) is -0.759. The number of nitrogens with one attached hydrogen (secondary N) is 1. The molecule has 1 aliphatic carbocycles. The Morgan fingerprint density at radius 2 is 1.87 bits per heavy atom. The molecule has 0 radical (unpaired) electrons. The van der Waals surface area contributed by atoms with Gasteiger partial charge in [-0.05, 0) is 71.6 Å². The number of nitrogens with zero attached hydrogens (tertiary/aromatic N) is 1. The molecule has 30 heavy (non-hydrogen) atoms. The number of ether oxygens (including phenoxy) is 2. The molecule has 1 fully saturated rings. The average molecular weight is 475 g/mol. The summed E-state index contributed by atoms with van der Waals surface area (Å²) in [6.07, 6.45) is 2.99. The summed E-state index contributed by atoms with van der Waals surface area (Å²) >= 11 is 3.35. The van der Waals surface area contributed by atoms with Crippen molar-refractivity contribution in [3.05, 3.63) is 58.3 Å². The topological polar surface area (TPSA) is 94.6 Å². The van der Waals surface area contributed by atoms with E-state index in [-0.39, 0.29) is 5.78 Å². The molecule has 158 valence electrons. The van der Waals surface area contributed by atoms with Crippen molar-refractivity contribution in [1.29, 1.82) is 0 Å².